The monoisotopic (exact) mass is 348 g/mol. The fourth-order valence-electron chi connectivity index (χ4n) is 3.02. The summed E-state index contributed by atoms with van der Waals surface area (Å²) in [6, 6.07) is 6.26. The fraction of sp³-hybridized carbons (Fsp3) is 0.444. The van der Waals surface area contributed by atoms with Gasteiger partial charge in [0.05, 0.1) is 17.7 Å². The molecule has 0 saturated heterocycles. The molecule has 1 saturated carbocycles. The third kappa shape index (κ3) is 4.39. The van der Waals surface area contributed by atoms with E-state index < -0.39 is 5.60 Å². The lowest BCUT2D eigenvalue weighted by Crippen LogP contribution is -2.44. The summed E-state index contributed by atoms with van der Waals surface area (Å²) < 4.78 is 13.3. The van der Waals surface area contributed by atoms with Crippen LogP contribution in [0.15, 0.2) is 29.6 Å². The van der Waals surface area contributed by atoms with Gasteiger partial charge in [0.2, 0.25) is 5.91 Å². The summed E-state index contributed by atoms with van der Waals surface area (Å²) in [6.07, 6.45) is 4.83. The molecule has 2 aromatic rings. The molecule has 1 aromatic carbocycles. The number of amides is 1. The topological polar surface area (TPSA) is 62.2 Å². The Labute approximate surface area is 144 Å². The minimum absolute atomic E-state index is 0.148. The first-order valence-corrected chi connectivity index (χ1v) is 9.11. The van der Waals surface area contributed by atoms with E-state index >= 15 is 0 Å². The minimum atomic E-state index is -0.761. The lowest BCUT2D eigenvalue weighted by Gasteiger charge is -2.32. The fourth-order valence-corrected chi connectivity index (χ4v) is 3.84. The lowest BCUT2D eigenvalue weighted by molar-refractivity contribution is -0.122. The van der Waals surface area contributed by atoms with E-state index in [-0.39, 0.29) is 18.1 Å². The molecule has 1 fully saturated rings. The van der Waals surface area contributed by atoms with E-state index in [0.717, 1.165) is 32.1 Å². The zero-order chi connectivity index (χ0) is 17.0. The molecule has 24 heavy (non-hydrogen) atoms. The van der Waals surface area contributed by atoms with Crippen molar-refractivity contribution >= 4 is 17.2 Å². The Balaban J connectivity index is 1.55. The van der Waals surface area contributed by atoms with Gasteiger partial charge in [0.1, 0.15) is 10.8 Å². The van der Waals surface area contributed by atoms with Crippen molar-refractivity contribution in [3.05, 3.63) is 41.2 Å². The number of rotatable bonds is 5. The van der Waals surface area contributed by atoms with Gasteiger partial charge in [-0.3, -0.25) is 4.79 Å². The predicted molar refractivity (Wildman–Crippen MR) is 92.3 cm³/mol. The van der Waals surface area contributed by atoms with E-state index in [1.165, 1.54) is 23.5 Å². The van der Waals surface area contributed by atoms with Crippen LogP contribution < -0.4 is 5.32 Å². The smallest absolute Gasteiger partial charge is 0.226 e. The zero-order valence-corrected chi connectivity index (χ0v) is 14.2. The Bertz CT molecular complexity index is 711. The summed E-state index contributed by atoms with van der Waals surface area (Å²) in [5.74, 6) is -0.451. The normalized spacial score (nSPS) is 16.8. The van der Waals surface area contributed by atoms with Crippen molar-refractivity contribution in [2.24, 2.45) is 0 Å². The van der Waals surface area contributed by atoms with Crippen LogP contribution in [0.25, 0.3) is 10.6 Å². The van der Waals surface area contributed by atoms with Crippen molar-refractivity contribution in [3.8, 4) is 10.6 Å². The molecule has 4 nitrogen and oxygen atoms in total. The highest BCUT2D eigenvalue weighted by Gasteiger charge is 2.29. The maximum Gasteiger partial charge on any atom is 0.226 e. The van der Waals surface area contributed by atoms with Gasteiger partial charge in [-0.1, -0.05) is 31.4 Å². The molecule has 1 aromatic heterocycles. The second-order valence-corrected chi connectivity index (χ2v) is 7.25. The van der Waals surface area contributed by atoms with Gasteiger partial charge in [-0.25, -0.2) is 9.37 Å². The van der Waals surface area contributed by atoms with E-state index in [9.17, 15) is 14.3 Å². The van der Waals surface area contributed by atoms with Crippen molar-refractivity contribution in [1.82, 2.24) is 10.3 Å². The van der Waals surface area contributed by atoms with Crippen molar-refractivity contribution in [1.29, 1.82) is 0 Å². The summed E-state index contributed by atoms with van der Waals surface area (Å²) in [4.78, 5) is 16.5. The summed E-state index contributed by atoms with van der Waals surface area (Å²) in [5, 5.41) is 15.7. The van der Waals surface area contributed by atoms with E-state index in [0.29, 0.717) is 22.8 Å². The molecular weight excluding hydrogens is 327 g/mol. The average molecular weight is 348 g/mol. The van der Waals surface area contributed by atoms with Gasteiger partial charge in [-0.05, 0) is 25.0 Å². The number of nitrogens with one attached hydrogen (secondary N) is 1. The molecule has 3 rings (SSSR count). The molecule has 0 unspecified atom stereocenters. The first-order valence-electron chi connectivity index (χ1n) is 8.24. The Kier molecular flexibility index (Phi) is 5.26. The number of hydrogen-bond acceptors (Lipinski definition) is 4. The van der Waals surface area contributed by atoms with Crippen LogP contribution in [0.2, 0.25) is 0 Å². The maximum absolute atomic E-state index is 13.3. The molecule has 1 aliphatic carbocycles. The highest BCUT2D eigenvalue weighted by atomic mass is 32.1. The largest absolute Gasteiger partial charge is 0.388 e. The molecular formula is C18H21FN2O2S. The Morgan fingerprint density at radius 1 is 1.33 bits per heavy atom. The van der Waals surface area contributed by atoms with Crippen molar-refractivity contribution in [3.63, 3.8) is 0 Å². The van der Waals surface area contributed by atoms with Gasteiger partial charge in [0.25, 0.3) is 0 Å². The third-order valence-corrected chi connectivity index (χ3v) is 5.30. The molecule has 0 bridgehead atoms. The third-order valence-electron chi connectivity index (χ3n) is 4.36. The molecule has 2 N–H and O–H groups in total. The van der Waals surface area contributed by atoms with Gasteiger partial charge in [0.15, 0.2) is 0 Å². The Morgan fingerprint density at radius 2 is 2.12 bits per heavy atom. The highest BCUT2D eigenvalue weighted by molar-refractivity contribution is 7.13. The molecule has 0 spiro atoms. The number of halogens is 1. The lowest BCUT2D eigenvalue weighted by atomic mass is 9.85. The summed E-state index contributed by atoms with van der Waals surface area (Å²) in [6.45, 7) is 0.298. The number of thiazole rings is 1. The number of carbonyl (C=O) groups is 1. The van der Waals surface area contributed by atoms with Crippen molar-refractivity contribution < 1.29 is 14.3 Å². The molecule has 0 aliphatic heterocycles. The molecule has 1 heterocycles. The van der Waals surface area contributed by atoms with Gasteiger partial charge in [-0.15, -0.1) is 11.3 Å². The van der Waals surface area contributed by atoms with Gasteiger partial charge < -0.3 is 10.4 Å². The molecule has 1 aliphatic rings. The molecule has 6 heteroatoms. The van der Waals surface area contributed by atoms with Crippen LogP contribution in [0.4, 0.5) is 4.39 Å². The van der Waals surface area contributed by atoms with Crippen LogP contribution in [0.3, 0.4) is 0 Å². The second kappa shape index (κ2) is 7.40. The maximum atomic E-state index is 13.3. The van der Waals surface area contributed by atoms with E-state index in [2.05, 4.69) is 10.3 Å². The van der Waals surface area contributed by atoms with Crippen LogP contribution in [-0.4, -0.2) is 28.1 Å². The van der Waals surface area contributed by atoms with E-state index in [1.807, 2.05) is 5.38 Å². The predicted octanol–water partition coefficient (Wildman–Crippen LogP) is 3.30. The van der Waals surface area contributed by atoms with Gasteiger partial charge in [0, 0.05) is 17.5 Å². The number of aromatic nitrogens is 1. The average Bonchev–Trinajstić information content (AvgIpc) is 3.02. The summed E-state index contributed by atoms with van der Waals surface area (Å²) >= 11 is 1.39. The highest BCUT2D eigenvalue weighted by Crippen LogP contribution is 2.27. The minimum Gasteiger partial charge on any atom is -0.388 e. The standard InChI is InChI=1S/C18H21FN2O2S/c19-14-6-4-5-13(9-14)17-21-15(11-24-17)10-16(22)20-12-18(23)7-2-1-3-8-18/h4-6,9,11,23H,1-3,7-8,10,12H2,(H,20,22). The van der Waals surface area contributed by atoms with E-state index in [4.69, 9.17) is 0 Å². The van der Waals surface area contributed by atoms with Gasteiger partial charge in [-0.2, -0.15) is 0 Å². The van der Waals surface area contributed by atoms with Crippen molar-refractivity contribution in [2.75, 3.05) is 6.54 Å². The van der Waals surface area contributed by atoms with Crippen molar-refractivity contribution in [2.45, 2.75) is 44.1 Å². The molecule has 0 radical (unpaired) electrons. The SMILES string of the molecule is O=C(Cc1csc(-c2cccc(F)c2)n1)NCC1(O)CCCCC1. The summed E-state index contributed by atoms with van der Waals surface area (Å²) in [5.41, 5.74) is 0.610. The summed E-state index contributed by atoms with van der Waals surface area (Å²) in [7, 11) is 0. The van der Waals surface area contributed by atoms with Gasteiger partial charge >= 0.3 is 0 Å². The number of aliphatic hydroxyl groups is 1. The van der Waals surface area contributed by atoms with E-state index in [1.54, 1.807) is 12.1 Å². The van der Waals surface area contributed by atoms with Crippen LogP contribution in [0, 0.1) is 5.82 Å². The second-order valence-electron chi connectivity index (χ2n) is 6.39. The van der Waals surface area contributed by atoms with Crippen LogP contribution in [0.1, 0.15) is 37.8 Å². The molecule has 1 amide bonds. The quantitative estimate of drug-likeness (QED) is 0.871. The number of benzene rings is 1. The first kappa shape index (κ1) is 17.0. The Hall–Kier alpha value is -1.79. The van der Waals surface area contributed by atoms with Crippen LogP contribution in [-0.2, 0) is 11.2 Å². The number of nitrogens with zero attached hydrogens (tertiary/aromatic N) is 1. The molecule has 0 atom stereocenters. The van der Waals surface area contributed by atoms with Crippen LogP contribution in [0.5, 0.6) is 0 Å². The number of hydrogen-bond donors (Lipinski definition) is 2. The Morgan fingerprint density at radius 3 is 2.88 bits per heavy atom. The number of carbonyl (C=O) groups excluding carboxylic acids is 1. The molecule has 128 valence electrons. The zero-order valence-electron chi connectivity index (χ0n) is 13.4. The first-order chi connectivity index (χ1) is 11.5. The van der Waals surface area contributed by atoms with Crippen LogP contribution >= 0.6 is 11.3 Å².